The monoisotopic (exact) mass is 274 g/mol. The van der Waals surface area contributed by atoms with Crippen LogP contribution < -0.4 is 10.9 Å². The minimum Gasteiger partial charge on any atom is -0.314 e. The third kappa shape index (κ3) is 2.89. The summed E-state index contributed by atoms with van der Waals surface area (Å²) in [5.41, 5.74) is 1.62. The molecule has 1 aromatic heterocycles. The second-order valence-corrected chi connectivity index (χ2v) is 4.37. The van der Waals surface area contributed by atoms with Crippen molar-refractivity contribution in [2.45, 2.75) is 13.5 Å². The van der Waals surface area contributed by atoms with Crippen LogP contribution in [-0.2, 0) is 6.54 Å². The second kappa shape index (κ2) is 5.62. The highest BCUT2D eigenvalue weighted by atomic mass is 16.6. The molecule has 0 saturated heterocycles. The Kier molecular flexibility index (Phi) is 3.90. The zero-order chi connectivity index (χ0) is 14.7. The first-order chi connectivity index (χ1) is 9.51. The van der Waals surface area contributed by atoms with Crippen molar-refractivity contribution in [2.24, 2.45) is 0 Å². The van der Waals surface area contributed by atoms with Crippen LogP contribution in [-0.4, -0.2) is 21.9 Å². The van der Waals surface area contributed by atoms with E-state index >= 15 is 0 Å². The third-order valence-corrected chi connectivity index (χ3v) is 2.84. The lowest BCUT2D eigenvalue weighted by Gasteiger charge is -2.07. The predicted octanol–water partition coefficient (Wildman–Crippen LogP) is 1.37. The van der Waals surface area contributed by atoms with Gasteiger partial charge in [0.2, 0.25) is 0 Å². The van der Waals surface area contributed by atoms with Gasteiger partial charge in [0.1, 0.15) is 5.82 Å². The first-order valence-corrected chi connectivity index (χ1v) is 6.01. The van der Waals surface area contributed by atoms with Crippen LogP contribution in [0.2, 0.25) is 0 Å². The molecule has 7 nitrogen and oxygen atoms in total. The Hall–Kier alpha value is -2.54. The molecule has 1 heterocycles. The highest BCUT2D eigenvalue weighted by Crippen LogP contribution is 2.24. The summed E-state index contributed by atoms with van der Waals surface area (Å²) in [5.74, 6) is 0.337. The summed E-state index contributed by atoms with van der Waals surface area (Å²) in [6.45, 7) is 2.26. The Morgan fingerprint density at radius 1 is 1.40 bits per heavy atom. The number of nitro benzene ring substituents is 1. The number of hydrogen-bond acceptors (Lipinski definition) is 5. The molecule has 1 aromatic carbocycles. The topological polar surface area (TPSA) is 101 Å². The van der Waals surface area contributed by atoms with Crippen molar-refractivity contribution in [1.29, 1.82) is 0 Å². The molecule has 0 fully saturated rings. The van der Waals surface area contributed by atoms with E-state index in [1.807, 2.05) is 6.92 Å². The van der Waals surface area contributed by atoms with Crippen LogP contribution in [0.1, 0.15) is 11.3 Å². The molecule has 0 atom stereocenters. The molecule has 0 unspecified atom stereocenters. The van der Waals surface area contributed by atoms with E-state index in [1.54, 1.807) is 13.1 Å². The number of rotatable bonds is 4. The number of aromatic nitrogens is 2. The van der Waals surface area contributed by atoms with Gasteiger partial charge in [-0.15, -0.1) is 0 Å². The van der Waals surface area contributed by atoms with E-state index in [1.165, 1.54) is 18.2 Å². The molecule has 0 bridgehead atoms. The largest absolute Gasteiger partial charge is 0.314 e. The van der Waals surface area contributed by atoms with Crippen molar-refractivity contribution in [2.75, 3.05) is 7.05 Å². The average molecular weight is 274 g/mol. The molecule has 7 heteroatoms. The fourth-order valence-electron chi connectivity index (χ4n) is 1.89. The van der Waals surface area contributed by atoms with E-state index < -0.39 is 4.92 Å². The normalized spacial score (nSPS) is 10.5. The van der Waals surface area contributed by atoms with Crippen LogP contribution >= 0.6 is 0 Å². The van der Waals surface area contributed by atoms with Gasteiger partial charge >= 0.3 is 0 Å². The van der Waals surface area contributed by atoms with Gasteiger partial charge in [-0.25, -0.2) is 4.98 Å². The molecular formula is C13H14N4O3. The highest BCUT2D eigenvalue weighted by molar-refractivity contribution is 5.63. The number of nitrogens with one attached hydrogen (secondary N) is 2. The van der Waals surface area contributed by atoms with Gasteiger partial charge in [0.25, 0.3) is 11.2 Å². The Morgan fingerprint density at radius 3 is 2.80 bits per heavy atom. The lowest BCUT2D eigenvalue weighted by Crippen LogP contribution is -2.15. The van der Waals surface area contributed by atoms with Crippen LogP contribution in [0.5, 0.6) is 0 Å². The fraction of sp³-hybridized carbons (Fsp3) is 0.231. The van der Waals surface area contributed by atoms with Gasteiger partial charge in [-0.3, -0.25) is 14.9 Å². The molecule has 0 spiro atoms. The van der Waals surface area contributed by atoms with Gasteiger partial charge in [-0.05, 0) is 19.5 Å². The zero-order valence-corrected chi connectivity index (χ0v) is 11.1. The van der Waals surface area contributed by atoms with Crippen LogP contribution in [0.4, 0.5) is 5.69 Å². The Balaban J connectivity index is 2.58. The molecule has 2 rings (SSSR count). The Labute approximate surface area is 114 Å². The lowest BCUT2D eigenvalue weighted by molar-refractivity contribution is -0.384. The van der Waals surface area contributed by atoms with Gasteiger partial charge in [0, 0.05) is 30.3 Å². The van der Waals surface area contributed by atoms with Crippen molar-refractivity contribution in [1.82, 2.24) is 15.3 Å². The molecule has 0 radical (unpaired) electrons. The second-order valence-electron chi connectivity index (χ2n) is 4.37. The summed E-state index contributed by atoms with van der Waals surface area (Å²) in [6, 6.07) is 5.87. The van der Waals surface area contributed by atoms with E-state index in [4.69, 9.17) is 0 Å². The smallest absolute Gasteiger partial charge is 0.270 e. The van der Waals surface area contributed by atoms with E-state index in [0.717, 1.165) is 5.56 Å². The molecular weight excluding hydrogens is 260 g/mol. The number of nitrogens with zero attached hydrogens (tertiary/aromatic N) is 2. The maximum Gasteiger partial charge on any atom is 0.270 e. The minimum absolute atomic E-state index is 0.0349. The van der Waals surface area contributed by atoms with E-state index in [-0.39, 0.29) is 11.2 Å². The summed E-state index contributed by atoms with van der Waals surface area (Å²) < 4.78 is 0. The highest BCUT2D eigenvalue weighted by Gasteiger charge is 2.12. The van der Waals surface area contributed by atoms with Gasteiger partial charge in [0.15, 0.2) is 0 Å². The first kappa shape index (κ1) is 13.9. The van der Waals surface area contributed by atoms with Crippen molar-refractivity contribution in [3.8, 4) is 11.4 Å². The molecule has 0 saturated carbocycles. The van der Waals surface area contributed by atoms with Gasteiger partial charge in [0.05, 0.1) is 10.6 Å². The number of H-pyrrole nitrogens is 1. The standard InChI is InChI=1S/C13H14N4O3/c1-8-3-4-10(17(19)20)6-11(8)13-15-9(7-14-2)5-12(18)16-13/h3-6,14H,7H2,1-2H3,(H,15,16,18). The summed E-state index contributed by atoms with van der Waals surface area (Å²) >= 11 is 0. The van der Waals surface area contributed by atoms with Crippen molar-refractivity contribution >= 4 is 5.69 Å². The number of aromatic amines is 1. The number of non-ortho nitro benzene ring substituents is 1. The number of benzene rings is 1. The van der Waals surface area contributed by atoms with Crippen molar-refractivity contribution < 1.29 is 4.92 Å². The lowest BCUT2D eigenvalue weighted by atomic mass is 10.1. The maximum atomic E-state index is 11.6. The summed E-state index contributed by atoms with van der Waals surface area (Å²) in [4.78, 5) is 28.9. The van der Waals surface area contributed by atoms with Gasteiger partial charge in [-0.2, -0.15) is 0 Å². The fourth-order valence-corrected chi connectivity index (χ4v) is 1.89. The summed E-state index contributed by atoms with van der Waals surface area (Å²) in [6.07, 6.45) is 0. The average Bonchev–Trinajstić information content (AvgIpc) is 2.38. The van der Waals surface area contributed by atoms with E-state index in [2.05, 4.69) is 15.3 Å². The number of hydrogen-bond donors (Lipinski definition) is 2. The zero-order valence-electron chi connectivity index (χ0n) is 11.1. The summed E-state index contributed by atoms with van der Waals surface area (Å²) in [5, 5.41) is 13.7. The van der Waals surface area contributed by atoms with E-state index in [9.17, 15) is 14.9 Å². The minimum atomic E-state index is -0.474. The van der Waals surface area contributed by atoms with Crippen LogP contribution in [0, 0.1) is 17.0 Å². The molecule has 0 amide bonds. The van der Waals surface area contributed by atoms with Crippen LogP contribution in [0.25, 0.3) is 11.4 Å². The summed E-state index contributed by atoms with van der Waals surface area (Å²) in [7, 11) is 1.75. The van der Waals surface area contributed by atoms with Crippen LogP contribution in [0.15, 0.2) is 29.1 Å². The van der Waals surface area contributed by atoms with Gasteiger partial charge in [-0.1, -0.05) is 6.07 Å². The molecule has 2 N–H and O–H groups in total. The molecule has 0 aliphatic carbocycles. The quantitative estimate of drug-likeness (QED) is 0.647. The first-order valence-electron chi connectivity index (χ1n) is 6.01. The Morgan fingerprint density at radius 2 is 2.15 bits per heavy atom. The van der Waals surface area contributed by atoms with Crippen molar-refractivity contribution in [3.63, 3.8) is 0 Å². The maximum absolute atomic E-state index is 11.6. The van der Waals surface area contributed by atoms with E-state index in [0.29, 0.717) is 23.6 Å². The molecule has 104 valence electrons. The van der Waals surface area contributed by atoms with Gasteiger partial charge < -0.3 is 10.3 Å². The number of nitro groups is 1. The molecule has 2 aromatic rings. The molecule has 0 aliphatic heterocycles. The van der Waals surface area contributed by atoms with Crippen molar-refractivity contribution in [3.05, 3.63) is 56.0 Å². The number of aryl methyl sites for hydroxylation is 1. The molecule has 0 aliphatic rings. The third-order valence-electron chi connectivity index (χ3n) is 2.84. The molecule has 20 heavy (non-hydrogen) atoms. The Bertz CT molecular complexity index is 709. The predicted molar refractivity (Wildman–Crippen MR) is 74.4 cm³/mol. The van der Waals surface area contributed by atoms with Crippen LogP contribution in [0.3, 0.4) is 0 Å². The SMILES string of the molecule is CNCc1cc(=O)[nH]c(-c2cc([N+](=O)[O-])ccc2C)n1.